The molecule has 0 fully saturated rings. The van der Waals surface area contributed by atoms with Crippen molar-refractivity contribution in [1.29, 1.82) is 0 Å². The van der Waals surface area contributed by atoms with Crippen LogP contribution in [-0.4, -0.2) is 31.4 Å². The van der Waals surface area contributed by atoms with E-state index < -0.39 is 22.7 Å². The monoisotopic (exact) mass is 461 g/mol. The summed E-state index contributed by atoms with van der Waals surface area (Å²) >= 11 is 5.32. The van der Waals surface area contributed by atoms with E-state index in [2.05, 4.69) is 15.1 Å². The maximum Gasteiger partial charge on any atom is 0.417 e. The molecule has 4 rings (SSSR count). The first-order valence-corrected chi connectivity index (χ1v) is 10.0. The largest absolute Gasteiger partial charge is 0.495 e. The van der Waals surface area contributed by atoms with Crippen molar-refractivity contribution in [3.8, 4) is 22.7 Å². The number of aromatic amines is 1. The van der Waals surface area contributed by atoms with Gasteiger partial charge >= 0.3 is 6.18 Å². The van der Waals surface area contributed by atoms with Crippen molar-refractivity contribution in [1.82, 2.24) is 24.3 Å². The number of aryl methyl sites for hydroxylation is 2. The van der Waals surface area contributed by atoms with Gasteiger partial charge in [0.05, 0.1) is 35.1 Å². The fourth-order valence-corrected chi connectivity index (χ4v) is 3.84. The number of hydrogen-bond acceptors (Lipinski definition) is 5. The number of hydrogen-bond donors (Lipinski definition) is 1. The Labute approximate surface area is 185 Å². The van der Waals surface area contributed by atoms with E-state index in [1.54, 1.807) is 42.1 Å². The van der Waals surface area contributed by atoms with Gasteiger partial charge in [0, 0.05) is 18.3 Å². The smallest absolute Gasteiger partial charge is 0.417 e. The molecule has 0 spiro atoms. The minimum Gasteiger partial charge on any atom is -0.495 e. The Morgan fingerprint density at radius 3 is 2.59 bits per heavy atom. The third-order valence-electron chi connectivity index (χ3n) is 5.04. The van der Waals surface area contributed by atoms with Crippen LogP contribution in [0.15, 0.2) is 41.3 Å². The van der Waals surface area contributed by atoms with Gasteiger partial charge in [0.25, 0.3) is 5.56 Å². The number of halogens is 3. The van der Waals surface area contributed by atoms with Crippen LogP contribution in [-0.2, 0) is 12.7 Å². The first kappa shape index (κ1) is 21.8. The van der Waals surface area contributed by atoms with E-state index >= 15 is 0 Å². The Morgan fingerprint density at radius 1 is 1.25 bits per heavy atom. The van der Waals surface area contributed by atoms with Crippen LogP contribution in [0.25, 0.3) is 28.0 Å². The number of fused-ring (bicyclic) bond motifs is 1. The van der Waals surface area contributed by atoms with Gasteiger partial charge in [0.2, 0.25) is 0 Å². The van der Waals surface area contributed by atoms with Crippen LogP contribution in [0.4, 0.5) is 13.2 Å². The van der Waals surface area contributed by atoms with Crippen molar-refractivity contribution in [2.24, 2.45) is 0 Å². The second-order valence-electron chi connectivity index (χ2n) is 7.00. The molecule has 0 aliphatic rings. The molecule has 0 atom stereocenters. The van der Waals surface area contributed by atoms with Crippen molar-refractivity contribution >= 4 is 23.3 Å². The van der Waals surface area contributed by atoms with Crippen LogP contribution in [0.1, 0.15) is 18.2 Å². The van der Waals surface area contributed by atoms with Gasteiger partial charge in [-0.1, -0.05) is 12.1 Å². The van der Waals surface area contributed by atoms with Gasteiger partial charge in [0.15, 0.2) is 10.4 Å². The summed E-state index contributed by atoms with van der Waals surface area (Å²) in [5.74, 6) is 0.354. The molecule has 7 nitrogen and oxygen atoms in total. The van der Waals surface area contributed by atoms with Gasteiger partial charge < -0.3 is 4.74 Å². The van der Waals surface area contributed by atoms with Crippen molar-refractivity contribution in [2.75, 3.05) is 7.11 Å². The Balaban J connectivity index is 2.20. The van der Waals surface area contributed by atoms with E-state index in [1.807, 2.05) is 6.92 Å². The topological polar surface area (TPSA) is 77.7 Å². The van der Waals surface area contributed by atoms with Crippen LogP contribution in [0.5, 0.6) is 5.75 Å². The zero-order valence-corrected chi connectivity index (χ0v) is 18.1. The summed E-state index contributed by atoms with van der Waals surface area (Å²) in [6, 6.07) is 7.52. The Bertz CT molecular complexity index is 1450. The Morgan fingerprint density at radius 2 is 1.97 bits per heavy atom. The molecule has 3 aromatic heterocycles. The highest BCUT2D eigenvalue weighted by atomic mass is 32.1. The molecule has 0 radical (unpaired) electrons. The lowest BCUT2D eigenvalue weighted by Gasteiger charge is -2.17. The molecule has 11 heteroatoms. The summed E-state index contributed by atoms with van der Waals surface area (Å²) in [7, 11) is 1.43. The first-order chi connectivity index (χ1) is 15.2. The maximum absolute atomic E-state index is 14.1. The number of methoxy groups -OCH3 is 1. The Kier molecular flexibility index (Phi) is 5.37. The molecule has 0 aliphatic heterocycles. The number of H-pyrrole nitrogens is 1. The Hall–Kier alpha value is -3.47. The quantitative estimate of drug-likeness (QED) is 0.447. The third-order valence-corrected chi connectivity index (χ3v) is 5.33. The number of para-hydroxylation sites is 2. The van der Waals surface area contributed by atoms with E-state index in [4.69, 9.17) is 17.0 Å². The predicted molar refractivity (Wildman–Crippen MR) is 116 cm³/mol. The van der Waals surface area contributed by atoms with E-state index in [9.17, 15) is 18.0 Å². The summed E-state index contributed by atoms with van der Waals surface area (Å²) in [4.78, 5) is 19.5. The minimum absolute atomic E-state index is 0.0330. The average molecular weight is 461 g/mol. The number of ether oxygens (including phenoxy) is 1. The second-order valence-corrected chi connectivity index (χ2v) is 7.39. The number of pyridine rings is 1. The molecule has 32 heavy (non-hydrogen) atoms. The van der Waals surface area contributed by atoms with Gasteiger partial charge in [-0.2, -0.15) is 18.3 Å². The lowest BCUT2D eigenvalue weighted by Crippen LogP contribution is -2.20. The van der Waals surface area contributed by atoms with Gasteiger partial charge in [0.1, 0.15) is 5.75 Å². The van der Waals surface area contributed by atoms with Gasteiger partial charge in [-0.15, -0.1) is 0 Å². The standard InChI is InChI=1S/C21H18F3N5O2S/c1-4-28-10-12(11(2)27-28)14-9-13(21(22,23)24)17-18(25-14)29(20(32)26-19(17)30)15-7-5-6-8-16(15)31-3/h5-10H,4H2,1-3H3,(H,26,30,32). The number of nitrogens with zero attached hydrogens (tertiary/aromatic N) is 4. The zero-order chi connectivity index (χ0) is 23.2. The number of alkyl halides is 3. The van der Waals surface area contributed by atoms with Gasteiger partial charge in [-0.3, -0.25) is 19.0 Å². The van der Waals surface area contributed by atoms with Crippen molar-refractivity contribution < 1.29 is 17.9 Å². The van der Waals surface area contributed by atoms with Crippen LogP contribution < -0.4 is 10.3 Å². The van der Waals surface area contributed by atoms with Crippen LogP contribution >= 0.6 is 12.2 Å². The van der Waals surface area contributed by atoms with Crippen LogP contribution in [0, 0.1) is 11.7 Å². The highest BCUT2D eigenvalue weighted by Gasteiger charge is 2.36. The molecule has 3 heterocycles. The van der Waals surface area contributed by atoms with Crippen molar-refractivity contribution in [2.45, 2.75) is 26.6 Å². The normalized spacial score (nSPS) is 11.8. The molecule has 1 aromatic carbocycles. The maximum atomic E-state index is 14.1. The fourth-order valence-electron chi connectivity index (χ4n) is 3.56. The highest BCUT2D eigenvalue weighted by molar-refractivity contribution is 7.71. The lowest BCUT2D eigenvalue weighted by molar-refractivity contribution is -0.136. The number of aromatic nitrogens is 5. The molecule has 0 bridgehead atoms. The van der Waals surface area contributed by atoms with E-state index in [1.165, 1.54) is 11.7 Å². The van der Waals surface area contributed by atoms with Crippen molar-refractivity contribution in [3.63, 3.8) is 0 Å². The van der Waals surface area contributed by atoms with E-state index in [-0.39, 0.29) is 16.1 Å². The van der Waals surface area contributed by atoms with Crippen LogP contribution in [0.3, 0.4) is 0 Å². The highest BCUT2D eigenvalue weighted by Crippen LogP contribution is 2.37. The minimum atomic E-state index is -4.81. The summed E-state index contributed by atoms with van der Waals surface area (Å²) in [6.07, 6.45) is -3.18. The van der Waals surface area contributed by atoms with Crippen molar-refractivity contribution in [3.05, 3.63) is 62.9 Å². The lowest BCUT2D eigenvalue weighted by atomic mass is 10.1. The van der Waals surface area contributed by atoms with Gasteiger partial charge in [-0.25, -0.2) is 4.98 Å². The molecular formula is C21H18F3N5O2S. The number of rotatable bonds is 4. The zero-order valence-electron chi connectivity index (χ0n) is 17.3. The summed E-state index contributed by atoms with van der Waals surface area (Å²) in [5, 5.41) is 3.69. The summed E-state index contributed by atoms with van der Waals surface area (Å²) < 4.78 is 50.4. The second kappa shape index (κ2) is 7.90. The van der Waals surface area contributed by atoms with E-state index in [0.29, 0.717) is 29.2 Å². The molecule has 0 unspecified atom stereocenters. The number of benzene rings is 1. The van der Waals surface area contributed by atoms with Crippen LogP contribution in [0.2, 0.25) is 0 Å². The number of nitrogens with one attached hydrogen (secondary N) is 1. The average Bonchev–Trinajstić information content (AvgIpc) is 3.13. The molecule has 0 aliphatic carbocycles. The summed E-state index contributed by atoms with van der Waals surface area (Å²) in [5.41, 5.74) is -0.983. The van der Waals surface area contributed by atoms with Gasteiger partial charge in [-0.05, 0) is 44.3 Å². The first-order valence-electron chi connectivity index (χ1n) is 9.60. The van der Waals surface area contributed by atoms with E-state index in [0.717, 1.165) is 6.07 Å². The third kappa shape index (κ3) is 3.58. The molecule has 166 valence electrons. The SMILES string of the molecule is CCn1cc(-c2cc(C(F)(F)F)c3c(=O)[nH]c(=S)n(-c4ccccc4OC)c3n2)c(C)n1. The summed E-state index contributed by atoms with van der Waals surface area (Å²) in [6.45, 7) is 4.09. The molecule has 0 saturated heterocycles. The molecule has 0 amide bonds. The molecular weight excluding hydrogens is 443 g/mol. The fraction of sp³-hybridized carbons (Fsp3) is 0.238. The predicted octanol–water partition coefficient (Wildman–Crippen LogP) is 4.66. The molecule has 4 aromatic rings. The molecule has 0 saturated carbocycles. The molecule has 1 N–H and O–H groups in total.